The number of H-pyrrole nitrogens is 1. The van der Waals surface area contributed by atoms with E-state index in [0.717, 1.165) is 42.8 Å². The van der Waals surface area contributed by atoms with Crippen molar-refractivity contribution in [1.82, 2.24) is 15.0 Å². The van der Waals surface area contributed by atoms with E-state index in [1.54, 1.807) is 13.3 Å². The first kappa shape index (κ1) is 12.4. The van der Waals surface area contributed by atoms with Crippen LogP contribution in [-0.2, 0) is 10.2 Å². The first-order chi connectivity index (χ1) is 9.29. The molecule has 2 aromatic rings. The van der Waals surface area contributed by atoms with E-state index in [2.05, 4.69) is 15.0 Å². The lowest BCUT2D eigenvalue weighted by Gasteiger charge is -2.35. The number of ether oxygens (including phenoxy) is 2. The largest absolute Gasteiger partial charge is 0.480 e. The van der Waals surface area contributed by atoms with Gasteiger partial charge in [-0.1, -0.05) is 0 Å². The zero-order valence-corrected chi connectivity index (χ0v) is 11.0. The second-order valence-corrected chi connectivity index (χ2v) is 4.91. The number of aromatic amines is 1. The normalized spacial score (nSPS) is 18.6. The van der Waals surface area contributed by atoms with Crippen molar-refractivity contribution in [3.05, 3.63) is 18.0 Å². The SMILES string of the molecule is COc1cnc2c(C3(CN)CCOCC3)c[nH]c2n1. The highest BCUT2D eigenvalue weighted by Gasteiger charge is 2.35. The molecule has 3 rings (SSSR count). The van der Waals surface area contributed by atoms with Gasteiger partial charge in [-0.05, 0) is 12.8 Å². The van der Waals surface area contributed by atoms with Crippen molar-refractivity contribution in [1.29, 1.82) is 0 Å². The molecule has 6 heteroatoms. The van der Waals surface area contributed by atoms with E-state index < -0.39 is 0 Å². The average Bonchev–Trinajstić information content (AvgIpc) is 2.91. The van der Waals surface area contributed by atoms with Gasteiger partial charge in [0.1, 0.15) is 5.52 Å². The summed E-state index contributed by atoms with van der Waals surface area (Å²) in [6, 6.07) is 0. The van der Waals surface area contributed by atoms with Crippen LogP contribution in [0, 0.1) is 0 Å². The van der Waals surface area contributed by atoms with E-state index in [-0.39, 0.29) is 5.41 Å². The fourth-order valence-electron chi connectivity index (χ4n) is 2.73. The van der Waals surface area contributed by atoms with Crippen molar-refractivity contribution in [2.75, 3.05) is 26.9 Å². The topological polar surface area (TPSA) is 86.0 Å². The van der Waals surface area contributed by atoms with E-state index in [1.165, 1.54) is 0 Å². The first-order valence-electron chi connectivity index (χ1n) is 6.45. The Morgan fingerprint density at radius 3 is 2.95 bits per heavy atom. The molecular formula is C13H18N4O2. The number of aromatic nitrogens is 3. The molecule has 0 radical (unpaired) electrons. The van der Waals surface area contributed by atoms with Gasteiger partial charge in [0.2, 0.25) is 5.88 Å². The monoisotopic (exact) mass is 262 g/mol. The maximum Gasteiger partial charge on any atom is 0.234 e. The van der Waals surface area contributed by atoms with Crippen molar-refractivity contribution in [2.24, 2.45) is 5.73 Å². The van der Waals surface area contributed by atoms with Crippen LogP contribution in [-0.4, -0.2) is 41.8 Å². The van der Waals surface area contributed by atoms with Gasteiger partial charge in [0.15, 0.2) is 5.65 Å². The lowest BCUT2D eigenvalue weighted by Crippen LogP contribution is -2.40. The summed E-state index contributed by atoms with van der Waals surface area (Å²) in [6.45, 7) is 2.08. The Balaban J connectivity index is 2.08. The Hall–Kier alpha value is -1.66. The number of fused-ring (bicyclic) bond motifs is 1. The third kappa shape index (κ3) is 1.97. The molecule has 102 valence electrons. The highest BCUT2D eigenvalue weighted by atomic mass is 16.5. The second-order valence-electron chi connectivity index (χ2n) is 4.91. The van der Waals surface area contributed by atoms with Crippen LogP contribution in [0.15, 0.2) is 12.4 Å². The molecule has 1 aliphatic rings. The molecule has 1 aliphatic heterocycles. The molecule has 3 heterocycles. The summed E-state index contributed by atoms with van der Waals surface area (Å²) in [5.41, 5.74) is 8.75. The van der Waals surface area contributed by atoms with Crippen LogP contribution in [0.3, 0.4) is 0 Å². The van der Waals surface area contributed by atoms with Gasteiger partial charge in [-0.15, -0.1) is 0 Å². The summed E-state index contributed by atoms with van der Waals surface area (Å²) < 4.78 is 10.5. The summed E-state index contributed by atoms with van der Waals surface area (Å²) in [7, 11) is 1.58. The lowest BCUT2D eigenvalue weighted by atomic mass is 9.75. The van der Waals surface area contributed by atoms with Crippen LogP contribution in [0.2, 0.25) is 0 Å². The molecule has 19 heavy (non-hydrogen) atoms. The minimum absolute atomic E-state index is 0.0558. The molecule has 0 atom stereocenters. The molecule has 0 aliphatic carbocycles. The summed E-state index contributed by atoms with van der Waals surface area (Å²) in [4.78, 5) is 12.0. The Bertz CT molecular complexity index is 575. The Morgan fingerprint density at radius 1 is 1.47 bits per heavy atom. The van der Waals surface area contributed by atoms with Crippen LogP contribution >= 0.6 is 0 Å². The quantitative estimate of drug-likeness (QED) is 0.861. The zero-order chi connectivity index (χ0) is 13.3. The molecule has 3 N–H and O–H groups in total. The molecule has 2 aromatic heterocycles. The van der Waals surface area contributed by atoms with Crippen molar-refractivity contribution >= 4 is 11.2 Å². The minimum Gasteiger partial charge on any atom is -0.480 e. The molecule has 0 amide bonds. The zero-order valence-electron chi connectivity index (χ0n) is 11.0. The molecule has 0 spiro atoms. The molecule has 0 unspecified atom stereocenters. The van der Waals surface area contributed by atoms with Gasteiger partial charge in [0, 0.05) is 36.9 Å². The van der Waals surface area contributed by atoms with E-state index in [4.69, 9.17) is 15.2 Å². The van der Waals surface area contributed by atoms with Gasteiger partial charge in [-0.25, -0.2) is 4.98 Å². The number of hydrogen-bond donors (Lipinski definition) is 2. The summed E-state index contributed by atoms with van der Waals surface area (Å²) in [5.74, 6) is 0.509. The Morgan fingerprint density at radius 2 is 2.26 bits per heavy atom. The molecule has 0 bridgehead atoms. The van der Waals surface area contributed by atoms with Crippen LogP contribution < -0.4 is 10.5 Å². The summed E-state index contributed by atoms with van der Waals surface area (Å²) in [6.07, 6.45) is 5.46. The maximum atomic E-state index is 6.03. The molecule has 6 nitrogen and oxygen atoms in total. The fourth-order valence-corrected chi connectivity index (χ4v) is 2.73. The van der Waals surface area contributed by atoms with Crippen LogP contribution in [0.1, 0.15) is 18.4 Å². The second kappa shape index (κ2) is 4.79. The van der Waals surface area contributed by atoms with Crippen molar-refractivity contribution in [3.63, 3.8) is 0 Å². The van der Waals surface area contributed by atoms with Gasteiger partial charge >= 0.3 is 0 Å². The number of methoxy groups -OCH3 is 1. The smallest absolute Gasteiger partial charge is 0.234 e. The Kier molecular flexibility index (Phi) is 3.12. The van der Waals surface area contributed by atoms with E-state index >= 15 is 0 Å². The van der Waals surface area contributed by atoms with Gasteiger partial charge in [0.25, 0.3) is 0 Å². The van der Waals surface area contributed by atoms with Gasteiger partial charge < -0.3 is 20.2 Å². The first-order valence-corrected chi connectivity index (χ1v) is 6.45. The van der Waals surface area contributed by atoms with E-state index in [1.807, 2.05) is 6.20 Å². The number of nitrogens with one attached hydrogen (secondary N) is 1. The molecule has 1 saturated heterocycles. The third-order valence-corrected chi connectivity index (χ3v) is 3.98. The van der Waals surface area contributed by atoms with Crippen LogP contribution in [0.25, 0.3) is 11.2 Å². The highest BCUT2D eigenvalue weighted by Crippen LogP contribution is 2.37. The third-order valence-electron chi connectivity index (χ3n) is 3.98. The molecule has 1 fully saturated rings. The van der Waals surface area contributed by atoms with Gasteiger partial charge in [0.05, 0.1) is 13.3 Å². The van der Waals surface area contributed by atoms with Crippen molar-refractivity contribution in [3.8, 4) is 5.88 Å². The number of rotatable bonds is 3. The van der Waals surface area contributed by atoms with E-state index in [0.29, 0.717) is 12.4 Å². The minimum atomic E-state index is -0.0558. The van der Waals surface area contributed by atoms with E-state index in [9.17, 15) is 0 Å². The number of nitrogens with zero attached hydrogens (tertiary/aromatic N) is 2. The van der Waals surface area contributed by atoms with Crippen molar-refractivity contribution < 1.29 is 9.47 Å². The summed E-state index contributed by atoms with van der Waals surface area (Å²) >= 11 is 0. The summed E-state index contributed by atoms with van der Waals surface area (Å²) in [5, 5.41) is 0. The number of nitrogens with two attached hydrogens (primary N) is 1. The molecular weight excluding hydrogens is 244 g/mol. The maximum absolute atomic E-state index is 6.03. The predicted molar refractivity (Wildman–Crippen MR) is 71.2 cm³/mol. The van der Waals surface area contributed by atoms with Crippen LogP contribution in [0.5, 0.6) is 5.88 Å². The molecule has 0 aromatic carbocycles. The number of hydrogen-bond acceptors (Lipinski definition) is 5. The van der Waals surface area contributed by atoms with Crippen LogP contribution in [0.4, 0.5) is 0 Å². The average molecular weight is 262 g/mol. The van der Waals surface area contributed by atoms with Gasteiger partial charge in [-0.3, -0.25) is 0 Å². The van der Waals surface area contributed by atoms with Gasteiger partial charge in [-0.2, -0.15) is 4.98 Å². The fraction of sp³-hybridized carbons (Fsp3) is 0.538. The Labute approximate surface area is 111 Å². The highest BCUT2D eigenvalue weighted by molar-refractivity contribution is 5.77. The predicted octanol–water partition coefficient (Wildman–Crippen LogP) is 0.973. The lowest BCUT2D eigenvalue weighted by molar-refractivity contribution is 0.0534. The molecule has 0 saturated carbocycles. The standard InChI is InChI=1S/C13H18N4O2/c1-18-10-7-15-11-9(6-16-12(11)17-10)13(8-14)2-4-19-5-3-13/h6-7H,2-5,8,14H2,1H3,(H,16,17). The van der Waals surface area contributed by atoms with Crippen molar-refractivity contribution in [2.45, 2.75) is 18.3 Å².